The van der Waals surface area contributed by atoms with E-state index in [0.717, 1.165) is 30.4 Å². The summed E-state index contributed by atoms with van der Waals surface area (Å²) < 4.78 is 3.00. The Balaban J connectivity index is 1.90. The van der Waals surface area contributed by atoms with Gasteiger partial charge in [0, 0.05) is 32.4 Å². The Labute approximate surface area is 122 Å². The molecule has 1 aliphatic heterocycles. The Bertz CT molecular complexity index is 438. The third-order valence-corrected chi connectivity index (χ3v) is 4.16. The second kappa shape index (κ2) is 5.94. The molecule has 0 radical (unpaired) electrons. The maximum absolute atomic E-state index is 12.2. The van der Waals surface area contributed by atoms with Crippen LogP contribution in [0.3, 0.4) is 0 Å². The highest BCUT2D eigenvalue weighted by Crippen LogP contribution is 2.24. The predicted octanol–water partition coefficient (Wildman–Crippen LogP) is 2.74. The number of likely N-dealkylation sites (tertiary alicyclic amines) is 1. The number of piperidine rings is 1. The molecule has 5 nitrogen and oxygen atoms in total. The standard InChI is InChI=1S/C13H21BrN4O/c1-10(2)16(3)13(19)17-6-4-12(5-7-17)18-9-11(14)8-15-18/h8-10,12H,4-7H2,1-3H3. The first-order valence-electron chi connectivity index (χ1n) is 6.70. The second-order valence-corrected chi connectivity index (χ2v) is 6.26. The Hall–Kier alpha value is -1.04. The van der Waals surface area contributed by atoms with Crippen molar-refractivity contribution in [2.45, 2.75) is 38.8 Å². The van der Waals surface area contributed by atoms with Gasteiger partial charge in [0.05, 0.1) is 16.7 Å². The molecule has 2 heterocycles. The number of urea groups is 1. The number of hydrogen-bond donors (Lipinski definition) is 0. The maximum atomic E-state index is 12.2. The fourth-order valence-corrected chi connectivity index (χ4v) is 2.58. The van der Waals surface area contributed by atoms with Crippen molar-refractivity contribution < 1.29 is 4.79 Å². The lowest BCUT2D eigenvalue weighted by Gasteiger charge is -2.35. The van der Waals surface area contributed by atoms with Crippen LogP contribution in [0.4, 0.5) is 4.79 Å². The van der Waals surface area contributed by atoms with Gasteiger partial charge in [0.2, 0.25) is 0 Å². The summed E-state index contributed by atoms with van der Waals surface area (Å²) >= 11 is 3.41. The molecule has 0 bridgehead atoms. The maximum Gasteiger partial charge on any atom is 0.319 e. The highest BCUT2D eigenvalue weighted by atomic mass is 79.9. The molecule has 19 heavy (non-hydrogen) atoms. The minimum Gasteiger partial charge on any atom is -0.325 e. The molecular formula is C13H21BrN4O. The Kier molecular flexibility index (Phi) is 4.50. The predicted molar refractivity (Wildman–Crippen MR) is 78.1 cm³/mol. The lowest BCUT2D eigenvalue weighted by Crippen LogP contribution is -2.47. The van der Waals surface area contributed by atoms with Gasteiger partial charge in [-0.2, -0.15) is 5.10 Å². The molecule has 0 unspecified atom stereocenters. The van der Waals surface area contributed by atoms with E-state index in [9.17, 15) is 4.79 Å². The van der Waals surface area contributed by atoms with Crippen molar-refractivity contribution in [3.05, 3.63) is 16.9 Å². The van der Waals surface area contributed by atoms with E-state index in [-0.39, 0.29) is 12.1 Å². The SMILES string of the molecule is CC(C)N(C)C(=O)N1CCC(n2cc(Br)cn2)CC1. The third-order valence-electron chi connectivity index (χ3n) is 3.76. The first kappa shape index (κ1) is 14.4. The summed E-state index contributed by atoms with van der Waals surface area (Å²) in [4.78, 5) is 15.9. The zero-order chi connectivity index (χ0) is 14.0. The average Bonchev–Trinajstić information content (AvgIpc) is 2.84. The summed E-state index contributed by atoms with van der Waals surface area (Å²) in [5, 5.41) is 4.33. The van der Waals surface area contributed by atoms with E-state index < -0.39 is 0 Å². The fourth-order valence-electron chi connectivity index (χ4n) is 2.28. The van der Waals surface area contributed by atoms with Crippen LogP contribution in [-0.4, -0.2) is 51.8 Å². The Morgan fingerprint density at radius 3 is 2.58 bits per heavy atom. The summed E-state index contributed by atoms with van der Waals surface area (Å²) in [6.07, 6.45) is 5.74. The van der Waals surface area contributed by atoms with E-state index in [1.807, 2.05) is 42.9 Å². The molecule has 0 atom stereocenters. The molecule has 0 saturated carbocycles. The van der Waals surface area contributed by atoms with Crippen LogP contribution >= 0.6 is 15.9 Å². The molecule has 2 amide bonds. The van der Waals surface area contributed by atoms with Crippen LogP contribution in [0.15, 0.2) is 16.9 Å². The van der Waals surface area contributed by atoms with Crippen LogP contribution in [-0.2, 0) is 0 Å². The van der Waals surface area contributed by atoms with Gasteiger partial charge in [-0.05, 0) is 42.6 Å². The number of amides is 2. The van der Waals surface area contributed by atoms with Gasteiger partial charge in [-0.25, -0.2) is 4.79 Å². The van der Waals surface area contributed by atoms with Crippen molar-refractivity contribution in [2.75, 3.05) is 20.1 Å². The summed E-state index contributed by atoms with van der Waals surface area (Å²) in [5.41, 5.74) is 0. The molecule has 0 N–H and O–H groups in total. The van der Waals surface area contributed by atoms with Gasteiger partial charge in [-0.1, -0.05) is 0 Å². The molecule has 0 spiro atoms. The minimum absolute atomic E-state index is 0.134. The minimum atomic E-state index is 0.134. The fraction of sp³-hybridized carbons (Fsp3) is 0.692. The second-order valence-electron chi connectivity index (χ2n) is 5.34. The Morgan fingerprint density at radius 1 is 1.47 bits per heavy atom. The molecule has 1 fully saturated rings. The van der Waals surface area contributed by atoms with Gasteiger partial charge in [-0.3, -0.25) is 4.68 Å². The van der Waals surface area contributed by atoms with E-state index >= 15 is 0 Å². The van der Waals surface area contributed by atoms with E-state index in [2.05, 4.69) is 21.0 Å². The smallest absolute Gasteiger partial charge is 0.319 e. The highest BCUT2D eigenvalue weighted by molar-refractivity contribution is 9.10. The van der Waals surface area contributed by atoms with Crippen LogP contribution < -0.4 is 0 Å². The van der Waals surface area contributed by atoms with Gasteiger partial charge in [0.15, 0.2) is 0 Å². The van der Waals surface area contributed by atoms with E-state index in [1.54, 1.807) is 4.90 Å². The molecule has 106 valence electrons. The lowest BCUT2D eigenvalue weighted by atomic mass is 10.1. The van der Waals surface area contributed by atoms with Gasteiger partial charge in [0.25, 0.3) is 0 Å². The van der Waals surface area contributed by atoms with E-state index in [4.69, 9.17) is 0 Å². The van der Waals surface area contributed by atoms with Crippen LogP contribution in [0.25, 0.3) is 0 Å². The third kappa shape index (κ3) is 3.29. The highest BCUT2D eigenvalue weighted by Gasteiger charge is 2.26. The molecule has 1 saturated heterocycles. The largest absolute Gasteiger partial charge is 0.325 e. The van der Waals surface area contributed by atoms with Gasteiger partial charge < -0.3 is 9.80 Å². The van der Waals surface area contributed by atoms with Crippen molar-refractivity contribution in [3.8, 4) is 0 Å². The summed E-state index contributed by atoms with van der Waals surface area (Å²) in [7, 11) is 1.86. The first-order valence-corrected chi connectivity index (χ1v) is 7.49. The van der Waals surface area contributed by atoms with Crippen LogP contribution in [0.1, 0.15) is 32.7 Å². The Morgan fingerprint density at radius 2 is 2.11 bits per heavy atom. The van der Waals surface area contributed by atoms with Gasteiger partial charge >= 0.3 is 6.03 Å². The van der Waals surface area contributed by atoms with Crippen LogP contribution in [0.5, 0.6) is 0 Å². The van der Waals surface area contributed by atoms with E-state index in [0.29, 0.717) is 6.04 Å². The van der Waals surface area contributed by atoms with Crippen LogP contribution in [0, 0.1) is 0 Å². The first-order chi connectivity index (χ1) is 8.99. The number of aromatic nitrogens is 2. The zero-order valence-electron chi connectivity index (χ0n) is 11.7. The number of carbonyl (C=O) groups is 1. The van der Waals surface area contributed by atoms with Crippen molar-refractivity contribution in [1.29, 1.82) is 0 Å². The summed E-state index contributed by atoms with van der Waals surface area (Å²) in [5.74, 6) is 0. The quantitative estimate of drug-likeness (QED) is 0.837. The molecule has 0 aliphatic carbocycles. The number of carbonyl (C=O) groups excluding carboxylic acids is 1. The summed E-state index contributed by atoms with van der Waals surface area (Å²) in [6.45, 7) is 5.67. The summed E-state index contributed by atoms with van der Waals surface area (Å²) in [6, 6.07) is 0.780. The van der Waals surface area contributed by atoms with E-state index in [1.165, 1.54) is 0 Å². The number of nitrogens with zero attached hydrogens (tertiary/aromatic N) is 4. The molecular weight excluding hydrogens is 308 g/mol. The molecule has 1 aromatic heterocycles. The van der Waals surface area contributed by atoms with Crippen molar-refractivity contribution in [2.24, 2.45) is 0 Å². The van der Waals surface area contributed by atoms with Crippen molar-refractivity contribution in [3.63, 3.8) is 0 Å². The lowest BCUT2D eigenvalue weighted by molar-refractivity contribution is 0.131. The number of halogens is 1. The van der Waals surface area contributed by atoms with Crippen LogP contribution in [0.2, 0.25) is 0 Å². The average molecular weight is 329 g/mol. The zero-order valence-corrected chi connectivity index (χ0v) is 13.3. The van der Waals surface area contributed by atoms with Gasteiger partial charge in [-0.15, -0.1) is 0 Å². The molecule has 2 rings (SSSR count). The molecule has 0 aromatic carbocycles. The van der Waals surface area contributed by atoms with Crippen molar-refractivity contribution in [1.82, 2.24) is 19.6 Å². The van der Waals surface area contributed by atoms with Crippen molar-refractivity contribution >= 4 is 22.0 Å². The number of rotatable bonds is 2. The molecule has 6 heteroatoms. The molecule has 1 aliphatic rings. The number of hydrogen-bond acceptors (Lipinski definition) is 2. The molecule has 1 aromatic rings. The monoisotopic (exact) mass is 328 g/mol. The normalized spacial score (nSPS) is 17.0. The topological polar surface area (TPSA) is 41.4 Å². The van der Waals surface area contributed by atoms with Gasteiger partial charge in [0.1, 0.15) is 0 Å².